The molecular weight excluding hydrogens is 538 g/mol. The molecule has 0 unspecified atom stereocenters. The lowest BCUT2D eigenvalue weighted by Crippen LogP contribution is -2.23. The average Bonchev–Trinajstić information content (AvgIpc) is 3.65. The van der Waals surface area contributed by atoms with Crippen molar-refractivity contribution in [2.45, 2.75) is 19.5 Å². The second-order valence-electron chi connectivity index (χ2n) is 7.87. The summed E-state index contributed by atoms with van der Waals surface area (Å²) in [5.41, 5.74) is 6.59. The highest BCUT2D eigenvalue weighted by Gasteiger charge is 2.17. The van der Waals surface area contributed by atoms with Crippen LogP contribution < -0.4 is 21.7 Å². The lowest BCUT2D eigenvalue weighted by molar-refractivity contribution is 0.0944. The molecule has 4 aromatic rings. The maximum absolute atomic E-state index is 12.5. The summed E-state index contributed by atoms with van der Waals surface area (Å²) in [7, 11) is 4.02. The van der Waals surface area contributed by atoms with E-state index < -0.39 is 17.7 Å². The molecule has 0 spiro atoms. The number of hydrogen-bond acceptors (Lipinski definition) is 13. The van der Waals surface area contributed by atoms with Crippen molar-refractivity contribution in [1.82, 2.24) is 40.2 Å². The first-order chi connectivity index (χ1) is 17.8. The van der Waals surface area contributed by atoms with Gasteiger partial charge >= 0.3 is 0 Å². The van der Waals surface area contributed by atoms with Gasteiger partial charge in [0.1, 0.15) is 22.8 Å². The van der Waals surface area contributed by atoms with Crippen LogP contribution in [-0.4, -0.2) is 73.2 Å². The molecule has 0 radical (unpaired) electrons. The van der Waals surface area contributed by atoms with E-state index >= 15 is 0 Å². The minimum atomic E-state index is -0.526. The maximum atomic E-state index is 12.5. The number of nitrogens with two attached hydrogens (primary N) is 1. The largest absolute Gasteiger partial charge is 0.375 e. The van der Waals surface area contributed by atoms with E-state index in [1.807, 2.05) is 14.1 Å². The van der Waals surface area contributed by atoms with Crippen LogP contribution >= 0.6 is 34.0 Å². The molecule has 0 aliphatic rings. The second-order valence-corrected chi connectivity index (χ2v) is 10.5. The van der Waals surface area contributed by atoms with E-state index in [2.05, 4.69) is 46.1 Å². The minimum Gasteiger partial charge on any atom is -0.375 e. The lowest BCUT2D eigenvalue weighted by atomic mass is 10.4. The molecule has 0 aromatic carbocycles. The molecule has 0 bridgehead atoms. The van der Waals surface area contributed by atoms with Gasteiger partial charge in [-0.25, -0.2) is 15.0 Å². The summed E-state index contributed by atoms with van der Waals surface area (Å²) in [4.78, 5) is 51.4. The molecule has 5 N–H and O–H groups in total. The summed E-state index contributed by atoms with van der Waals surface area (Å²) in [5.74, 6) is -1.40. The number of carbonyl (C=O) groups is 3. The molecule has 4 aromatic heterocycles. The topological polar surface area (TPSA) is 186 Å². The summed E-state index contributed by atoms with van der Waals surface area (Å²) in [6.45, 7) is 1.88. The standard InChI is InChI=1S/C20H23N11O3S3/c1-30(2)4-3-5-31-7-11(28-29-31)6-22-15(32)12-9-36-19(24-12)27-17(34)14-10-37-20(25-14)26-16(33)13-8-35-18(21)23-13/h7-10H,3-6H2,1-2H3,(H2,21,23)(H,22,32)(H,24,27,34)(H,25,26,33). The average molecular weight is 562 g/mol. The first kappa shape index (κ1) is 26.3. The zero-order chi connectivity index (χ0) is 26.4. The van der Waals surface area contributed by atoms with Gasteiger partial charge in [0.15, 0.2) is 15.4 Å². The van der Waals surface area contributed by atoms with Crippen molar-refractivity contribution < 1.29 is 14.4 Å². The summed E-state index contributed by atoms with van der Waals surface area (Å²) in [6.07, 6.45) is 2.73. The number of anilines is 3. The van der Waals surface area contributed by atoms with Crippen LogP contribution in [0.4, 0.5) is 15.4 Å². The maximum Gasteiger partial charge on any atom is 0.276 e. The van der Waals surface area contributed by atoms with Gasteiger partial charge in [0.25, 0.3) is 17.7 Å². The van der Waals surface area contributed by atoms with Gasteiger partial charge in [0, 0.05) is 22.7 Å². The van der Waals surface area contributed by atoms with Crippen molar-refractivity contribution in [3.05, 3.63) is 45.1 Å². The molecule has 0 aliphatic heterocycles. The first-order valence-corrected chi connectivity index (χ1v) is 13.5. The zero-order valence-corrected chi connectivity index (χ0v) is 22.2. The predicted molar refractivity (Wildman–Crippen MR) is 141 cm³/mol. The van der Waals surface area contributed by atoms with Crippen LogP contribution in [0.3, 0.4) is 0 Å². The van der Waals surface area contributed by atoms with E-state index in [1.54, 1.807) is 10.9 Å². The molecule has 0 aliphatic carbocycles. The van der Waals surface area contributed by atoms with Crippen molar-refractivity contribution in [3.8, 4) is 0 Å². The Bertz CT molecular complexity index is 1390. The van der Waals surface area contributed by atoms with Gasteiger partial charge in [-0.1, -0.05) is 5.21 Å². The molecule has 194 valence electrons. The number of aryl methyl sites for hydroxylation is 1. The number of rotatable bonds is 11. The number of thiazole rings is 3. The van der Waals surface area contributed by atoms with Crippen molar-refractivity contribution in [2.75, 3.05) is 37.0 Å². The summed E-state index contributed by atoms with van der Waals surface area (Å²) in [6, 6.07) is 0. The number of carbonyl (C=O) groups excluding carboxylic acids is 3. The van der Waals surface area contributed by atoms with E-state index in [1.165, 1.54) is 16.1 Å². The highest BCUT2D eigenvalue weighted by atomic mass is 32.1. The molecule has 0 saturated carbocycles. The second kappa shape index (κ2) is 12.0. The molecule has 17 heteroatoms. The fourth-order valence-corrected chi connectivity index (χ4v) is 4.84. The monoisotopic (exact) mass is 561 g/mol. The van der Waals surface area contributed by atoms with Crippen molar-refractivity contribution in [1.29, 1.82) is 0 Å². The first-order valence-electron chi connectivity index (χ1n) is 10.8. The Morgan fingerprint density at radius 3 is 2.11 bits per heavy atom. The highest BCUT2D eigenvalue weighted by Crippen LogP contribution is 2.20. The number of aromatic nitrogens is 6. The summed E-state index contributed by atoms with van der Waals surface area (Å²) in [5, 5.41) is 21.3. The number of nitrogen functional groups attached to an aromatic ring is 1. The summed E-state index contributed by atoms with van der Waals surface area (Å²) < 4.78 is 1.74. The van der Waals surface area contributed by atoms with Crippen LogP contribution in [0.1, 0.15) is 43.6 Å². The molecular formula is C20H23N11O3S3. The van der Waals surface area contributed by atoms with Crippen LogP contribution in [0.15, 0.2) is 22.3 Å². The number of amides is 3. The van der Waals surface area contributed by atoms with Gasteiger partial charge in [-0.2, -0.15) is 0 Å². The van der Waals surface area contributed by atoms with E-state index in [9.17, 15) is 14.4 Å². The van der Waals surface area contributed by atoms with Gasteiger partial charge in [-0.05, 0) is 27.1 Å². The Kier molecular flexibility index (Phi) is 8.49. The van der Waals surface area contributed by atoms with Crippen LogP contribution in [-0.2, 0) is 13.1 Å². The number of nitrogens with zero attached hydrogens (tertiary/aromatic N) is 7. The third kappa shape index (κ3) is 7.35. The van der Waals surface area contributed by atoms with Crippen molar-refractivity contribution >= 4 is 67.1 Å². The van der Waals surface area contributed by atoms with Crippen LogP contribution in [0.2, 0.25) is 0 Å². The fourth-order valence-electron chi connectivity index (χ4n) is 2.92. The molecule has 0 saturated heterocycles. The summed E-state index contributed by atoms with van der Waals surface area (Å²) >= 11 is 3.33. The third-order valence-corrected chi connectivity index (χ3v) is 6.87. The Hall–Kier alpha value is -3.80. The zero-order valence-electron chi connectivity index (χ0n) is 19.8. The van der Waals surface area contributed by atoms with Crippen LogP contribution in [0.5, 0.6) is 0 Å². The van der Waals surface area contributed by atoms with Gasteiger partial charge in [-0.3, -0.25) is 29.7 Å². The van der Waals surface area contributed by atoms with Gasteiger partial charge in [0.05, 0.1) is 12.7 Å². The molecule has 4 rings (SSSR count). The van der Waals surface area contributed by atoms with Crippen molar-refractivity contribution in [3.63, 3.8) is 0 Å². The van der Waals surface area contributed by atoms with E-state index in [0.717, 1.165) is 53.5 Å². The SMILES string of the molecule is CN(C)CCCn1cc(CNC(=O)c2csc(NC(=O)c3csc(NC(=O)c4csc(N)n4)n3)n2)nn1. The molecule has 3 amide bonds. The smallest absolute Gasteiger partial charge is 0.276 e. The predicted octanol–water partition coefficient (Wildman–Crippen LogP) is 1.62. The van der Waals surface area contributed by atoms with E-state index in [-0.39, 0.29) is 39.0 Å². The fraction of sp³-hybridized carbons (Fsp3) is 0.300. The Morgan fingerprint density at radius 2 is 1.51 bits per heavy atom. The number of nitrogens with one attached hydrogen (secondary N) is 3. The van der Waals surface area contributed by atoms with Crippen molar-refractivity contribution in [2.24, 2.45) is 0 Å². The lowest BCUT2D eigenvalue weighted by Gasteiger charge is -2.08. The van der Waals surface area contributed by atoms with E-state index in [4.69, 9.17) is 5.73 Å². The highest BCUT2D eigenvalue weighted by molar-refractivity contribution is 7.15. The molecule has 37 heavy (non-hydrogen) atoms. The minimum absolute atomic E-state index is 0.0907. The molecule has 14 nitrogen and oxygen atoms in total. The molecule has 0 fully saturated rings. The Balaban J connectivity index is 1.25. The Morgan fingerprint density at radius 1 is 0.919 bits per heavy atom. The van der Waals surface area contributed by atoms with Crippen LogP contribution in [0.25, 0.3) is 0 Å². The Labute approximate surface area is 222 Å². The van der Waals surface area contributed by atoms with Gasteiger partial charge in [-0.15, -0.1) is 39.1 Å². The van der Waals surface area contributed by atoms with Crippen LogP contribution in [0, 0.1) is 0 Å². The quantitative estimate of drug-likeness (QED) is 0.210. The molecule has 0 atom stereocenters. The van der Waals surface area contributed by atoms with E-state index in [0.29, 0.717) is 5.69 Å². The third-order valence-electron chi connectivity index (χ3n) is 4.68. The normalized spacial score (nSPS) is 11.0. The van der Waals surface area contributed by atoms with Gasteiger partial charge < -0.3 is 16.0 Å². The molecule has 4 heterocycles. The number of hydrogen-bond donors (Lipinski definition) is 4. The van der Waals surface area contributed by atoms with Gasteiger partial charge in [0.2, 0.25) is 0 Å².